The summed E-state index contributed by atoms with van der Waals surface area (Å²) in [4.78, 5) is 23.9. The fourth-order valence-electron chi connectivity index (χ4n) is 3.34. The summed E-state index contributed by atoms with van der Waals surface area (Å²) in [6, 6.07) is 6.17. The molecule has 0 saturated carbocycles. The van der Waals surface area contributed by atoms with Crippen LogP contribution in [0.5, 0.6) is 0 Å². The van der Waals surface area contributed by atoms with E-state index in [-0.39, 0.29) is 10.6 Å². The van der Waals surface area contributed by atoms with E-state index in [1.54, 1.807) is 24.3 Å². The van der Waals surface area contributed by atoms with E-state index >= 15 is 0 Å². The van der Waals surface area contributed by atoms with Gasteiger partial charge in [-0.25, -0.2) is 13.2 Å². The van der Waals surface area contributed by atoms with Gasteiger partial charge in [-0.1, -0.05) is 30.8 Å². The van der Waals surface area contributed by atoms with Crippen LogP contribution in [0.2, 0.25) is 0 Å². The molecule has 0 aliphatic carbocycles. The number of benzene rings is 1. The highest BCUT2D eigenvalue weighted by molar-refractivity contribution is 7.99. The largest absolute Gasteiger partial charge is 0.338 e. The standard InChI is InChI=1S/C20H28N6O4S2/c1-3-10-21-19(28)22-17(27)14-31-20-24-23-18(26(20)4-2)15-8-7-9-16(13-15)32(29,30)25-11-5-6-12-25/h7-9,13H,3-6,10-12,14H2,1-2H3,(H2,21,22,27,28). The molecule has 2 aromatic rings. The van der Waals surface area contributed by atoms with E-state index in [1.807, 2.05) is 18.4 Å². The van der Waals surface area contributed by atoms with Gasteiger partial charge in [0.1, 0.15) is 0 Å². The zero-order valence-electron chi connectivity index (χ0n) is 18.2. The first-order valence-corrected chi connectivity index (χ1v) is 13.0. The van der Waals surface area contributed by atoms with Gasteiger partial charge in [0.15, 0.2) is 11.0 Å². The molecule has 0 atom stereocenters. The minimum Gasteiger partial charge on any atom is -0.338 e. The number of imide groups is 1. The molecule has 1 aromatic carbocycles. The molecule has 32 heavy (non-hydrogen) atoms. The lowest BCUT2D eigenvalue weighted by atomic mass is 10.2. The number of sulfonamides is 1. The number of amides is 3. The molecule has 0 radical (unpaired) electrons. The molecular formula is C20H28N6O4S2. The number of nitrogens with zero attached hydrogens (tertiary/aromatic N) is 4. The summed E-state index contributed by atoms with van der Waals surface area (Å²) in [5.74, 6) is 0.0882. The van der Waals surface area contributed by atoms with Gasteiger partial charge in [0, 0.05) is 31.7 Å². The van der Waals surface area contributed by atoms with Crippen molar-refractivity contribution in [3.05, 3.63) is 24.3 Å². The topological polar surface area (TPSA) is 126 Å². The van der Waals surface area contributed by atoms with Crippen LogP contribution in [-0.4, -0.2) is 64.8 Å². The van der Waals surface area contributed by atoms with Crippen LogP contribution in [-0.2, 0) is 21.4 Å². The van der Waals surface area contributed by atoms with E-state index in [1.165, 1.54) is 4.31 Å². The average Bonchev–Trinajstić information content (AvgIpc) is 3.46. The Morgan fingerprint density at radius 3 is 2.59 bits per heavy atom. The Kier molecular flexibility index (Phi) is 8.26. The van der Waals surface area contributed by atoms with Crippen LogP contribution in [0.15, 0.2) is 34.3 Å². The molecule has 174 valence electrons. The Morgan fingerprint density at radius 1 is 1.16 bits per heavy atom. The van der Waals surface area contributed by atoms with Crippen molar-refractivity contribution >= 4 is 33.7 Å². The van der Waals surface area contributed by atoms with Crippen LogP contribution in [0, 0.1) is 0 Å². The van der Waals surface area contributed by atoms with E-state index in [0.717, 1.165) is 31.0 Å². The minimum absolute atomic E-state index is 0.00105. The van der Waals surface area contributed by atoms with E-state index in [9.17, 15) is 18.0 Å². The third-order valence-electron chi connectivity index (χ3n) is 4.95. The average molecular weight is 481 g/mol. The summed E-state index contributed by atoms with van der Waals surface area (Å²) < 4.78 is 29.1. The molecule has 12 heteroatoms. The number of urea groups is 1. The first-order valence-electron chi connectivity index (χ1n) is 10.6. The van der Waals surface area contributed by atoms with Gasteiger partial charge in [-0.05, 0) is 38.3 Å². The monoisotopic (exact) mass is 480 g/mol. The first kappa shape index (κ1) is 24.2. The SMILES string of the molecule is CCCNC(=O)NC(=O)CSc1nnc(-c2cccc(S(=O)(=O)N3CCCC3)c2)n1CC. The summed E-state index contributed by atoms with van der Waals surface area (Å²) >= 11 is 1.16. The smallest absolute Gasteiger partial charge is 0.321 e. The second kappa shape index (κ2) is 10.9. The van der Waals surface area contributed by atoms with Gasteiger partial charge in [0.25, 0.3) is 0 Å². The van der Waals surface area contributed by atoms with E-state index in [0.29, 0.717) is 42.7 Å². The Morgan fingerprint density at radius 2 is 1.91 bits per heavy atom. The second-order valence-corrected chi connectivity index (χ2v) is 10.2. The molecule has 2 heterocycles. The van der Waals surface area contributed by atoms with Crippen LogP contribution < -0.4 is 10.6 Å². The highest BCUT2D eigenvalue weighted by Gasteiger charge is 2.27. The molecule has 1 fully saturated rings. The van der Waals surface area contributed by atoms with Crippen molar-refractivity contribution in [3.63, 3.8) is 0 Å². The van der Waals surface area contributed by atoms with Crippen molar-refractivity contribution in [1.29, 1.82) is 0 Å². The maximum absolute atomic E-state index is 12.9. The van der Waals surface area contributed by atoms with E-state index in [4.69, 9.17) is 0 Å². The summed E-state index contributed by atoms with van der Waals surface area (Å²) in [6.45, 7) is 5.94. The van der Waals surface area contributed by atoms with Crippen LogP contribution in [0.1, 0.15) is 33.1 Å². The molecule has 1 aliphatic rings. The first-order chi connectivity index (χ1) is 15.4. The summed E-state index contributed by atoms with van der Waals surface area (Å²) in [5.41, 5.74) is 0.634. The van der Waals surface area contributed by atoms with E-state index < -0.39 is 22.0 Å². The van der Waals surface area contributed by atoms with Crippen LogP contribution in [0.4, 0.5) is 4.79 Å². The third kappa shape index (κ3) is 5.67. The highest BCUT2D eigenvalue weighted by atomic mass is 32.2. The summed E-state index contributed by atoms with van der Waals surface area (Å²) in [7, 11) is -3.54. The number of carbonyl (C=O) groups is 2. The number of carbonyl (C=O) groups excluding carboxylic acids is 2. The summed E-state index contributed by atoms with van der Waals surface area (Å²) in [5, 5.41) is 13.8. The molecule has 0 bridgehead atoms. The van der Waals surface area contributed by atoms with Gasteiger partial charge < -0.3 is 9.88 Å². The highest BCUT2D eigenvalue weighted by Crippen LogP contribution is 2.27. The molecular weight excluding hydrogens is 452 g/mol. The summed E-state index contributed by atoms with van der Waals surface area (Å²) in [6.07, 6.45) is 2.52. The number of thioether (sulfide) groups is 1. The van der Waals surface area contributed by atoms with Crippen molar-refractivity contribution in [2.24, 2.45) is 0 Å². The van der Waals surface area contributed by atoms with Crippen molar-refractivity contribution in [1.82, 2.24) is 29.7 Å². The molecule has 1 saturated heterocycles. The van der Waals surface area contributed by atoms with Gasteiger partial charge in [0.2, 0.25) is 15.9 Å². The maximum atomic E-state index is 12.9. The normalized spacial score (nSPS) is 14.4. The number of aromatic nitrogens is 3. The zero-order valence-corrected chi connectivity index (χ0v) is 19.8. The molecule has 0 spiro atoms. The van der Waals surface area contributed by atoms with Crippen LogP contribution in [0.25, 0.3) is 11.4 Å². The number of rotatable bonds is 9. The predicted molar refractivity (Wildman–Crippen MR) is 122 cm³/mol. The van der Waals surface area contributed by atoms with Crippen molar-refractivity contribution in [2.45, 2.75) is 49.7 Å². The molecule has 0 unspecified atom stereocenters. The lowest BCUT2D eigenvalue weighted by Crippen LogP contribution is -2.40. The zero-order chi connectivity index (χ0) is 23.1. The van der Waals surface area contributed by atoms with Crippen molar-refractivity contribution in [3.8, 4) is 11.4 Å². The Balaban J connectivity index is 1.74. The third-order valence-corrected chi connectivity index (χ3v) is 7.81. The number of hydrogen-bond acceptors (Lipinski definition) is 7. The Bertz CT molecular complexity index is 1060. The minimum atomic E-state index is -3.54. The molecule has 3 rings (SSSR count). The Hall–Kier alpha value is -2.44. The van der Waals surface area contributed by atoms with Crippen LogP contribution in [0.3, 0.4) is 0 Å². The second-order valence-electron chi connectivity index (χ2n) is 7.28. The van der Waals surface area contributed by atoms with Crippen molar-refractivity contribution < 1.29 is 18.0 Å². The van der Waals surface area contributed by atoms with Gasteiger partial charge in [0.05, 0.1) is 10.6 Å². The lowest BCUT2D eigenvalue weighted by Gasteiger charge is -2.16. The quantitative estimate of drug-likeness (QED) is 0.526. The van der Waals surface area contributed by atoms with Crippen LogP contribution >= 0.6 is 11.8 Å². The number of hydrogen-bond donors (Lipinski definition) is 2. The lowest BCUT2D eigenvalue weighted by molar-refractivity contribution is -0.117. The molecule has 1 aromatic heterocycles. The fourth-order valence-corrected chi connectivity index (χ4v) is 5.71. The molecule has 2 N–H and O–H groups in total. The fraction of sp³-hybridized carbons (Fsp3) is 0.500. The maximum Gasteiger partial charge on any atom is 0.321 e. The number of nitrogens with one attached hydrogen (secondary N) is 2. The van der Waals surface area contributed by atoms with Gasteiger partial charge in [-0.15, -0.1) is 10.2 Å². The van der Waals surface area contributed by atoms with Crippen molar-refractivity contribution in [2.75, 3.05) is 25.4 Å². The van der Waals surface area contributed by atoms with Gasteiger partial charge >= 0.3 is 6.03 Å². The Labute approximate surface area is 192 Å². The van der Waals surface area contributed by atoms with E-state index in [2.05, 4.69) is 20.8 Å². The predicted octanol–water partition coefficient (Wildman–Crippen LogP) is 2.08. The molecule has 1 aliphatic heterocycles. The van der Waals surface area contributed by atoms with Gasteiger partial charge in [-0.2, -0.15) is 4.31 Å². The molecule has 10 nitrogen and oxygen atoms in total. The molecule has 3 amide bonds. The van der Waals surface area contributed by atoms with Gasteiger partial charge in [-0.3, -0.25) is 10.1 Å².